The average Bonchev–Trinajstić information content (AvgIpc) is 2.78. The molecule has 0 radical (unpaired) electrons. The number of aliphatic hydroxyl groups excluding tert-OH is 2. The zero-order chi connectivity index (χ0) is 21.1. The molecular weight excluding hydrogens is 391 g/mol. The molecule has 0 saturated carbocycles. The Kier molecular flexibility index (Phi) is 6.96. The number of benzene rings is 1. The first-order chi connectivity index (χ1) is 13.0. The molecule has 1 aliphatic rings. The topological polar surface area (TPSA) is 115 Å². The fraction of sp³-hybridized carbons (Fsp3) is 0.500. The second kappa shape index (κ2) is 8.84. The first-order valence-corrected chi connectivity index (χ1v) is 8.06. The van der Waals surface area contributed by atoms with Crippen LogP contribution in [0.15, 0.2) is 18.2 Å². The molecule has 1 amide bonds. The monoisotopic (exact) mass is 409 g/mol. The number of β-amino-alcohol motifs (C(OH)–C–C–N with tert-alkyl or cyclic N) is 1. The number of hydrogen-bond donors (Lipinski definition) is 2. The van der Waals surface area contributed by atoms with Crippen LogP contribution < -0.4 is 9.64 Å². The molecule has 1 aromatic rings. The Hall–Kier alpha value is -2.25. The van der Waals surface area contributed by atoms with E-state index in [-0.39, 0.29) is 17.9 Å². The molecule has 9 nitrogen and oxygen atoms in total. The van der Waals surface area contributed by atoms with Crippen molar-refractivity contribution in [3.05, 3.63) is 23.8 Å². The van der Waals surface area contributed by atoms with Crippen molar-refractivity contribution in [3.8, 4) is 5.75 Å². The minimum Gasteiger partial charge on any atom is -0.406 e. The SMILES string of the molecule is CCOC(O)OC(C)OC(O)CN1C(=O)C(=O)c2cc(OC(F)(F)F)ccc21. The van der Waals surface area contributed by atoms with Gasteiger partial charge in [0.05, 0.1) is 17.8 Å². The van der Waals surface area contributed by atoms with E-state index in [2.05, 4.69) is 4.74 Å². The Morgan fingerprint density at radius 3 is 2.46 bits per heavy atom. The van der Waals surface area contributed by atoms with Crippen LogP contribution in [0.3, 0.4) is 0 Å². The summed E-state index contributed by atoms with van der Waals surface area (Å²) in [5.74, 6) is -2.76. The Morgan fingerprint density at radius 1 is 1.18 bits per heavy atom. The highest BCUT2D eigenvalue weighted by Crippen LogP contribution is 2.34. The van der Waals surface area contributed by atoms with Crippen LogP contribution in [-0.4, -0.2) is 60.5 Å². The maximum Gasteiger partial charge on any atom is 0.573 e. The van der Waals surface area contributed by atoms with Crippen LogP contribution in [0.1, 0.15) is 24.2 Å². The van der Waals surface area contributed by atoms with Crippen LogP contribution in [0.5, 0.6) is 5.75 Å². The molecule has 2 rings (SSSR count). The second-order valence-corrected chi connectivity index (χ2v) is 5.53. The first kappa shape index (κ1) is 22.0. The molecule has 2 N–H and O–H groups in total. The van der Waals surface area contributed by atoms with E-state index in [0.29, 0.717) is 0 Å². The van der Waals surface area contributed by atoms with E-state index in [9.17, 15) is 33.0 Å². The summed E-state index contributed by atoms with van der Waals surface area (Å²) in [5, 5.41) is 19.3. The molecule has 156 valence electrons. The van der Waals surface area contributed by atoms with Crippen molar-refractivity contribution >= 4 is 17.4 Å². The van der Waals surface area contributed by atoms with Gasteiger partial charge in [0.2, 0.25) is 0 Å². The van der Waals surface area contributed by atoms with Crippen LogP contribution in [0, 0.1) is 0 Å². The van der Waals surface area contributed by atoms with Crippen LogP contribution in [0.2, 0.25) is 0 Å². The largest absolute Gasteiger partial charge is 0.573 e. The number of Topliss-reactive ketones (excluding diaryl/α,β-unsaturated/α-hetero) is 1. The van der Waals surface area contributed by atoms with E-state index in [1.165, 1.54) is 6.92 Å². The molecule has 28 heavy (non-hydrogen) atoms. The van der Waals surface area contributed by atoms with Gasteiger partial charge in [0.25, 0.3) is 18.2 Å². The van der Waals surface area contributed by atoms with Gasteiger partial charge >= 0.3 is 6.36 Å². The molecule has 1 aliphatic heterocycles. The summed E-state index contributed by atoms with van der Waals surface area (Å²) >= 11 is 0. The van der Waals surface area contributed by atoms with Crippen molar-refractivity contribution in [2.24, 2.45) is 0 Å². The number of anilines is 1. The lowest BCUT2D eigenvalue weighted by atomic mass is 10.1. The maximum absolute atomic E-state index is 12.3. The number of carbonyl (C=O) groups is 2. The average molecular weight is 409 g/mol. The van der Waals surface area contributed by atoms with Gasteiger partial charge in [0.15, 0.2) is 12.6 Å². The van der Waals surface area contributed by atoms with Crippen molar-refractivity contribution in [2.75, 3.05) is 18.1 Å². The lowest BCUT2D eigenvalue weighted by Crippen LogP contribution is -2.39. The molecular formula is C16H18F3NO8. The lowest BCUT2D eigenvalue weighted by molar-refractivity contribution is -0.337. The Balaban J connectivity index is 2.05. The molecule has 1 aromatic carbocycles. The number of carbonyl (C=O) groups excluding carboxylic acids is 2. The molecule has 12 heteroatoms. The number of alkyl halides is 3. The van der Waals surface area contributed by atoms with E-state index in [1.807, 2.05) is 0 Å². The van der Waals surface area contributed by atoms with Crippen molar-refractivity contribution in [1.29, 1.82) is 0 Å². The molecule has 0 fully saturated rings. The zero-order valence-electron chi connectivity index (χ0n) is 14.8. The van der Waals surface area contributed by atoms with Gasteiger partial charge in [-0.15, -0.1) is 13.2 Å². The number of fused-ring (bicyclic) bond motifs is 1. The summed E-state index contributed by atoms with van der Waals surface area (Å²) in [6.45, 7) is 1.03. The third-order valence-corrected chi connectivity index (χ3v) is 3.48. The van der Waals surface area contributed by atoms with E-state index in [1.54, 1.807) is 6.92 Å². The second-order valence-electron chi connectivity index (χ2n) is 5.53. The van der Waals surface area contributed by atoms with Gasteiger partial charge in [-0.1, -0.05) is 0 Å². The number of ether oxygens (including phenoxy) is 4. The van der Waals surface area contributed by atoms with Gasteiger partial charge in [-0.05, 0) is 32.0 Å². The van der Waals surface area contributed by atoms with Gasteiger partial charge in [-0.2, -0.15) is 0 Å². The number of halogens is 3. The third-order valence-electron chi connectivity index (χ3n) is 3.48. The fourth-order valence-electron chi connectivity index (χ4n) is 2.46. The number of nitrogens with zero attached hydrogens (tertiary/aromatic N) is 1. The summed E-state index contributed by atoms with van der Waals surface area (Å²) < 4.78 is 55.3. The predicted octanol–water partition coefficient (Wildman–Crippen LogP) is 1.12. The molecule has 0 spiro atoms. The predicted molar refractivity (Wildman–Crippen MR) is 85.1 cm³/mol. The maximum atomic E-state index is 12.3. The number of hydrogen-bond acceptors (Lipinski definition) is 8. The van der Waals surface area contributed by atoms with E-state index < -0.39 is 49.4 Å². The Morgan fingerprint density at radius 2 is 1.86 bits per heavy atom. The summed E-state index contributed by atoms with van der Waals surface area (Å²) in [4.78, 5) is 25.0. The molecule has 3 atom stereocenters. The van der Waals surface area contributed by atoms with Crippen molar-refractivity contribution in [1.82, 2.24) is 0 Å². The van der Waals surface area contributed by atoms with Gasteiger partial charge in [-0.25, -0.2) is 0 Å². The minimum atomic E-state index is -4.95. The van der Waals surface area contributed by atoms with Crippen molar-refractivity contribution in [2.45, 2.75) is 39.3 Å². The highest BCUT2D eigenvalue weighted by atomic mass is 19.4. The smallest absolute Gasteiger partial charge is 0.406 e. The quantitative estimate of drug-likeness (QED) is 0.461. The third kappa shape index (κ3) is 5.62. The summed E-state index contributed by atoms with van der Waals surface area (Å²) in [5.41, 5.74) is -0.301. The highest BCUT2D eigenvalue weighted by Gasteiger charge is 2.39. The van der Waals surface area contributed by atoms with Crippen LogP contribution in [-0.2, 0) is 19.0 Å². The molecule has 0 bridgehead atoms. The highest BCUT2D eigenvalue weighted by molar-refractivity contribution is 6.52. The van der Waals surface area contributed by atoms with Crippen molar-refractivity contribution in [3.63, 3.8) is 0 Å². The Bertz CT molecular complexity index is 726. The molecule has 0 saturated heterocycles. The van der Waals surface area contributed by atoms with E-state index in [0.717, 1.165) is 23.1 Å². The molecule has 1 heterocycles. The van der Waals surface area contributed by atoms with Crippen LogP contribution in [0.25, 0.3) is 0 Å². The number of aliphatic hydroxyl groups is 2. The standard InChI is InChI=1S/C16H18F3NO8/c1-3-25-15(24)27-8(2)26-12(21)7-20-11-5-4-9(28-16(17,18)19)6-10(11)13(22)14(20)23/h4-6,8,12,15,21,24H,3,7H2,1-2H3. The number of ketones is 1. The molecule has 0 aromatic heterocycles. The fourth-order valence-corrected chi connectivity index (χ4v) is 2.46. The molecule has 0 aliphatic carbocycles. The van der Waals surface area contributed by atoms with Gasteiger partial charge < -0.3 is 29.2 Å². The van der Waals surface area contributed by atoms with E-state index in [4.69, 9.17) is 14.2 Å². The van der Waals surface area contributed by atoms with Gasteiger partial charge in [-0.3, -0.25) is 14.5 Å². The van der Waals surface area contributed by atoms with E-state index >= 15 is 0 Å². The van der Waals surface area contributed by atoms with Gasteiger partial charge in [0.1, 0.15) is 5.75 Å². The first-order valence-electron chi connectivity index (χ1n) is 8.06. The Labute approximate surface area is 157 Å². The summed E-state index contributed by atoms with van der Waals surface area (Å²) in [7, 11) is 0. The summed E-state index contributed by atoms with van der Waals surface area (Å²) in [6.07, 6.45) is -7.71. The van der Waals surface area contributed by atoms with Crippen LogP contribution in [0.4, 0.5) is 18.9 Å². The lowest BCUT2D eigenvalue weighted by Gasteiger charge is -2.24. The minimum absolute atomic E-state index is 0.00454. The van der Waals surface area contributed by atoms with Crippen molar-refractivity contribution < 1.29 is 51.9 Å². The van der Waals surface area contributed by atoms with Gasteiger partial charge in [0, 0.05) is 6.61 Å². The normalized spacial score (nSPS) is 17.5. The molecule has 3 unspecified atom stereocenters. The van der Waals surface area contributed by atoms with Crippen LogP contribution >= 0.6 is 0 Å². The number of amides is 1. The number of rotatable bonds is 9. The zero-order valence-corrected chi connectivity index (χ0v) is 14.8. The summed E-state index contributed by atoms with van der Waals surface area (Å²) in [6, 6.07) is 2.81.